The zero-order chi connectivity index (χ0) is 15.2. The van der Waals surface area contributed by atoms with Crippen LogP contribution in [0.1, 0.15) is 12.5 Å². The molecule has 0 spiro atoms. The van der Waals surface area contributed by atoms with Gasteiger partial charge in [0.25, 0.3) is 0 Å². The third-order valence-corrected chi connectivity index (χ3v) is 3.16. The van der Waals surface area contributed by atoms with Crippen molar-refractivity contribution in [1.82, 2.24) is 0 Å². The van der Waals surface area contributed by atoms with Crippen LogP contribution in [-0.2, 0) is 16.0 Å². The molecule has 0 unspecified atom stereocenters. The number of ether oxygens (including phenoxy) is 1. The average molecular weight is 284 g/mol. The van der Waals surface area contributed by atoms with Crippen LogP contribution in [0.3, 0.4) is 0 Å². The first-order valence-corrected chi connectivity index (χ1v) is 6.68. The number of methoxy groups -OCH3 is 1. The maximum atomic E-state index is 13.2. The highest BCUT2D eigenvalue weighted by molar-refractivity contribution is 5.82. The van der Waals surface area contributed by atoms with E-state index in [1.807, 2.05) is 37.3 Å². The van der Waals surface area contributed by atoms with Gasteiger partial charge in [-0.2, -0.15) is 0 Å². The van der Waals surface area contributed by atoms with Crippen LogP contribution >= 0.6 is 0 Å². The molecule has 108 valence electrons. The van der Waals surface area contributed by atoms with Gasteiger partial charge in [0.1, 0.15) is 5.82 Å². The van der Waals surface area contributed by atoms with E-state index >= 15 is 0 Å². The second kappa shape index (κ2) is 6.84. The summed E-state index contributed by atoms with van der Waals surface area (Å²) in [7, 11) is 1.36. The smallest absolute Gasteiger partial charge is 0.330 e. The van der Waals surface area contributed by atoms with Gasteiger partial charge in [-0.15, -0.1) is 0 Å². The summed E-state index contributed by atoms with van der Waals surface area (Å²) < 4.78 is 17.8. The summed E-state index contributed by atoms with van der Waals surface area (Å²) in [6.45, 7) is 1.89. The molecular weight excluding hydrogens is 267 g/mol. The molecule has 0 aliphatic heterocycles. The average Bonchev–Trinajstić information content (AvgIpc) is 2.47. The van der Waals surface area contributed by atoms with Crippen LogP contribution in [0.25, 0.3) is 11.1 Å². The van der Waals surface area contributed by atoms with Crippen molar-refractivity contribution in [3.8, 4) is 11.1 Å². The van der Waals surface area contributed by atoms with Gasteiger partial charge >= 0.3 is 5.97 Å². The Kier molecular flexibility index (Phi) is 4.88. The van der Waals surface area contributed by atoms with Crippen molar-refractivity contribution in [2.75, 3.05) is 7.11 Å². The Morgan fingerprint density at radius 3 is 2.48 bits per heavy atom. The van der Waals surface area contributed by atoms with Gasteiger partial charge in [-0.05, 0) is 42.2 Å². The lowest BCUT2D eigenvalue weighted by Gasteiger charge is -2.05. The minimum atomic E-state index is -0.344. The van der Waals surface area contributed by atoms with E-state index in [0.29, 0.717) is 6.42 Å². The molecule has 0 saturated carbocycles. The minimum Gasteiger partial charge on any atom is -0.466 e. The van der Waals surface area contributed by atoms with Gasteiger partial charge in [0.15, 0.2) is 0 Å². The van der Waals surface area contributed by atoms with E-state index in [-0.39, 0.29) is 11.8 Å². The summed E-state index contributed by atoms with van der Waals surface area (Å²) in [5, 5.41) is 0. The van der Waals surface area contributed by atoms with Crippen molar-refractivity contribution in [1.29, 1.82) is 0 Å². The van der Waals surface area contributed by atoms with Crippen LogP contribution in [0.4, 0.5) is 4.39 Å². The van der Waals surface area contributed by atoms with Gasteiger partial charge in [-0.1, -0.05) is 42.0 Å². The molecule has 0 bridgehead atoms. The Morgan fingerprint density at radius 2 is 1.86 bits per heavy atom. The largest absolute Gasteiger partial charge is 0.466 e. The van der Waals surface area contributed by atoms with Crippen molar-refractivity contribution in [2.24, 2.45) is 0 Å². The number of carbonyl (C=O) groups excluding carboxylic acids is 1. The number of carbonyl (C=O) groups is 1. The fourth-order valence-corrected chi connectivity index (χ4v) is 2.12. The summed E-state index contributed by atoms with van der Waals surface area (Å²) in [5.74, 6) is -0.586. The van der Waals surface area contributed by atoms with E-state index < -0.39 is 0 Å². The first-order chi connectivity index (χ1) is 10.1. The van der Waals surface area contributed by atoms with Crippen molar-refractivity contribution in [3.05, 3.63) is 71.6 Å². The predicted molar refractivity (Wildman–Crippen MR) is 81.3 cm³/mol. The molecule has 0 fully saturated rings. The molecule has 0 aliphatic carbocycles. The second-order valence-corrected chi connectivity index (χ2v) is 4.90. The van der Waals surface area contributed by atoms with Crippen LogP contribution in [-0.4, -0.2) is 13.1 Å². The number of benzene rings is 2. The van der Waals surface area contributed by atoms with Gasteiger partial charge in [0.05, 0.1) is 7.11 Å². The summed E-state index contributed by atoms with van der Waals surface area (Å²) in [6.07, 6.45) is 2.17. The molecule has 2 aromatic rings. The van der Waals surface area contributed by atoms with Crippen LogP contribution in [0.5, 0.6) is 0 Å². The van der Waals surface area contributed by atoms with Crippen molar-refractivity contribution in [2.45, 2.75) is 13.3 Å². The topological polar surface area (TPSA) is 26.3 Å². The molecule has 0 N–H and O–H groups in total. The number of allylic oxidation sites excluding steroid dienone is 1. The van der Waals surface area contributed by atoms with E-state index in [1.54, 1.807) is 6.07 Å². The van der Waals surface area contributed by atoms with E-state index in [1.165, 1.54) is 25.3 Å². The maximum Gasteiger partial charge on any atom is 0.330 e. The highest BCUT2D eigenvalue weighted by Gasteiger charge is 2.02. The highest BCUT2D eigenvalue weighted by Crippen LogP contribution is 2.21. The molecule has 3 heteroatoms. The number of rotatable bonds is 4. The molecular formula is C18H17FO2. The molecule has 21 heavy (non-hydrogen) atoms. The quantitative estimate of drug-likeness (QED) is 0.622. The van der Waals surface area contributed by atoms with Crippen LogP contribution in [0.2, 0.25) is 0 Å². The molecule has 0 atom stereocenters. The zero-order valence-electron chi connectivity index (χ0n) is 12.1. The third-order valence-electron chi connectivity index (χ3n) is 3.16. The number of hydrogen-bond acceptors (Lipinski definition) is 2. The predicted octanol–water partition coefficient (Wildman–Crippen LogP) is 4.15. The molecule has 2 aromatic carbocycles. The monoisotopic (exact) mass is 284 g/mol. The van der Waals surface area contributed by atoms with Gasteiger partial charge in [0.2, 0.25) is 0 Å². The van der Waals surface area contributed by atoms with Gasteiger partial charge < -0.3 is 4.74 Å². The standard InChI is InChI=1S/C18H17FO2/c1-13(11-18(20)21-2)10-14-6-8-15(9-7-14)16-4-3-5-17(19)12-16/h3-9,11-12H,10H2,1-2H3/b13-11+. The lowest BCUT2D eigenvalue weighted by atomic mass is 10.0. The Morgan fingerprint density at radius 1 is 1.14 bits per heavy atom. The lowest BCUT2D eigenvalue weighted by Crippen LogP contribution is -1.97. The Bertz CT molecular complexity index is 657. The Labute approximate surface area is 123 Å². The Balaban J connectivity index is 2.12. The summed E-state index contributed by atoms with van der Waals surface area (Å²) in [4.78, 5) is 11.1. The maximum absolute atomic E-state index is 13.2. The fourth-order valence-electron chi connectivity index (χ4n) is 2.12. The van der Waals surface area contributed by atoms with E-state index in [2.05, 4.69) is 4.74 Å². The summed E-state index contributed by atoms with van der Waals surface area (Å²) in [5.41, 5.74) is 3.84. The van der Waals surface area contributed by atoms with Crippen molar-refractivity contribution >= 4 is 5.97 Å². The van der Waals surface area contributed by atoms with Crippen LogP contribution < -0.4 is 0 Å². The number of halogens is 1. The van der Waals surface area contributed by atoms with Crippen molar-refractivity contribution in [3.63, 3.8) is 0 Å². The molecule has 0 heterocycles. The molecule has 0 radical (unpaired) electrons. The number of esters is 1. The van der Waals surface area contributed by atoms with Gasteiger partial charge in [0, 0.05) is 6.08 Å². The van der Waals surface area contributed by atoms with Crippen molar-refractivity contribution < 1.29 is 13.9 Å². The highest BCUT2D eigenvalue weighted by atomic mass is 19.1. The van der Waals surface area contributed by atoms with Crippen LogP contribution in [0, 0.1) is 5.82 Å². The summed E-state index contributed by atoms with van der Waals surface area (Å²) >= 11 is 0. The van der Waals surface area contributed by atoms with E-state index in [9.17, 15) is 9.18 Å². The molecule has 2 rings (SSSR count). The fraction of sp³-hybridized carbons (Fsp3) is 0.167. The molecule has 2 nitrogen and oxygen atoms in total. The van der Waals surface area contributed by atoms with Gasteiger partial charge in [-0.3, -0.25) is 0 Å². The Hall–Kier alpha value is -2.42. The van der Waals surface area contributed by atoms with Crippen LogP contribution in [0.15, 0.2) is 60.2 Å². The first-order valence-electron chi connectivity index (χ1n) is 6.68. The zero-order valence-corrected chi connectivity index (χ0v) is 12.1. The normalized spacial score (nSPS) is 11.3. The minimum absolute atomic E-state index is 0.242. The molecule has 0 saturated heterocycles. The third kappa shape index (κ3) is 4.28. The molecule has 0 aromatic heterocycles. The lowest BCUT2D eigenvalue weighted by molar-refractivity contribution is -0.134. The number of hydrogen-bond donors (Lipinski definition) is 0. The second-order valence-electron chi connectivity index (χ2n) is 4.90. The molecule has 0 amide bonds. The first kappa shape index (κ1) is 15.0. The van der Waals surface area contributed by atoms with Gasteiger partial charge in [-0.25, -0.2) is 9.18 Å². The van der Waals surface area contributed by atoms with E-state index in [4.69, 9.17) is 0 Å². The summed E-state index contributed by atoms with van der Waals surface area (Å²) in [6, 6.07) is 14.4. The molecule has 0 aliphatic rings. The SMILES string of the molecule is COC(=O)/C=C(\C)Cc1ccc(-c2cccc(F)c2)cc1. The van der Waals surface area contributed by atoms with E-state index in [0.717, 1.165) is 22.3 Å².